The van der Waals surface area contributed by atoms with Crippen LogP contribution in [0.5, 0.6) is 0 Å². The molecule has 11 heteroatoms. The smallest absolute Gasteiger partial charge is 0.227 e. The first kappa shape index (κ1) is 26.1. The number of benzene rings is 1. The van der Waals surface area contributed by atoms with Crippen molar-refractivity contribution < 1.29 is 14.0 Å². The number of hydrogen-bond donors (Lipinski definition) is 3. The fourth-order valence-electron chi connectivity index (χ4n) is 5.61. The van der Waals surface area contributed by atoms with Gasteiger partial charge in [-0.25, -0.2) is 9.37 Å². The molecule has 5 heterocycles. The molecule has 7 rings (SSSR count). The number of pyridine rings is 2. The molecule has 3 N–H and O–H groups in total. The van der Waals surface area contributed by atoms with Crippen LogP contribution in [0.4, 0.5) is 10.1 Å². The molecule has 0 saturated heterocycles. The van der Waals surface area contributed by atoms with Crippen molar-refractivity contribution in [1.82, 2.24) is 30.1 Å². The van der Waals surface area contributed by atoms with E-state index in [9.17, 15) is 9.59 Å². The van der Waals surface area contributed by atoms with Gasteiger partial charge in [0.25, 0.3) is 0 Å². The van der Waals surface area contributed by atoms with Gasteiger partial charge in [-0.3, -0.25) is 24.7 Å². The zero-order chi connectivity index (χ0) is 28.8. The summed E-state index contributed by atoms with van der Waals surface area (Å²) in [6.45, 7) is 1.53. The van der Waals surface area contributed by atoms with Crippen molar-refractivity contribution in [3.63, 3.8) is 0 Å². The van der Waals surface area contributed by atoms with Crippen molar-refractivity contribution >= 4 is 50.7 Å². The van der Waals surface area contributed by atoms with Gasteiger partial charge in [0.15, 0.2) is 11.6 Å². The topological polar surface area (TPSA) is 129 Å². The number of fused-ring (bicyclic) bond motifs is 2. The minimum absolute atomic E-state index is 0.000454. The fourth-order valence-corrected chi connectivity index (χ4v) is 6.51. The SMILES string of the molecule is CC(=O)c1ccc(-c2nccc3[nH]c(-c4n[nH]c5ccc(-c6cncc(NC(=O)C7CCCCC7)c6)c(F)c45)nc23)s1. The highest BCUT2D eigenvalue weighted by Crippen LogP contribution is 2.36. The number of nitrogens with zero attached hydrogens (tertiary/aromatic N) is 4. The van der Waals surface area contributed by atoms with Crippen LogP contribution in [0.3, 0.4) is 0 Å². The Morgan fingerprint density at radius 2 is 1.88 bits per heavy atom. The molecule has 0 aliphatic heterocycles. The molecule has 1 aliphatic carbocycles. The Labute approximate surface area is 243 Å². The molecule has 0 unspecified atom stereocenters. The maximum absolute atomic E-state index is 16.2. The second-order valence-corrected chi connectivity index (χ2v) is 11.7. The third kappa shape index (κ3) is 4.65. The van der Waals surface area contributed by atoms with E-state index in [0.29, 0.717) is 55.5 Å². The standard InChI is InChI=1S/C31H26FN7O2S/c1-16(40)23-9-10-24(42-23)28-27-22(11-12-34-28)36-30(37-27)29-25-21(38-39-29)8-7-20(26(25)32)18-13-19(15-33-14-18)35-31(41)17-5-3-2-4-6-17/h7-15,17H,2-6H2,1H3,(H,35,41)(H,36,37)(H,38,39). The Morgan fingerprint density at radius 1 is 1.02 bits per heavy atom. The number of H-pyrrole nitrogens is 2. The van der Waals surface area contributed by atoms with E-state index >= 15 is 4.39 Å². The molecular formula is C31H26FN7O2S. The second kappa shape index (κ2) is 10.6. The average molecular weight is 580 g/mol. The lowest BCUT2D eigenvalue weighted by atomic mass is 9.88. The summed E-state index contributed by atoms with van der Waals surface area (Å²) in [5.41, 5.74) is 4.20. The Balaban J connectivity index is 1.25. The monoisotopic (exact) mass is 579 g/mol. The Bertz CT molecular complexity index is 1990. The van der Waals surface area contributed by atoms with Gasteiger partial charge in [0.1, 0.15) is 22.7 Å². The fraction of sp³-hybridized carbons (Fsp3) is 0.226. The van der Waals surface area contributed by atoms with E-state index in [1.807, 2.05) is 6.07 Å². The van der Waals surface area contributed by atoms with Crippen molar-refractivity contribution in [2.45, 2.75) is 39.0 Å². The summed E-state index contributed by atoms with van der Waals surface area (Å²) in [5, 5.41) is 10.6. The van der Waals surface area contributed by atoms with Gasteiger partial charge in [0.05, 0.1) is 38.1 Å². The van der Waals surface area contributed by atoms with Gasteiger partial charge in [-0.2, -0.15) is 5.10 Å². The zero-order valence-electron chi connectivity index (χ0n) is 22.7. The van der Waals surface area contributed by atoms with Crippen molar-refractivity contribution in [2.24, 2.45) is 5.92 Å². The van der Waals surface area contributed by atoms with Crippen LogP contribution in [-0.4, -0.2) is 41.8 Å². The van der Waals surface area contributed by atoms with Crippen molar-refractivity contribution in [3.05, 3.63) is 65.7 Å². The maximum Gasteiger partial charge on any atom is 0.227 e. The lowest BCUT2D eigenvalue weighted by molar-refractivity contribution is -0.120. The van der Waals surface area contributed by atoms with E-state index in [-0.39, 0.29) is 23.0 Å². The lowest BCUT2D eigenvalue weighted by Crippen LogP contribution is -2.24. The summed E-state index contributed by atoms with van der Waals surface area (Å²) in [4.78, 5) is 42.9. The van der Waals surface area contributed by atoms with Gasteiger partial charge in [-0.05, 0) is 56.2 Å². The van der Waals surface area contributed by atoms with Crippen LogP contribution < -0.4 is 5.32 Å². The summed E-state index contributed by atoms with van der Waals surface area (Å²) in [6, 6.07) is 10.6. The first-order valence-corrected chi connectivity index (χ1v) is 14.7. The summed E-state index contributed by atoms with van der Waals surface area (Å²) in [7, 11) is 0. The minimum Gasteiger partial charge on any atom is -0.336 e. The first-order chi connectivity index (χ1) is 20.5. The van der Waals surface area contributed by atoms with Crippen LogP contribution in [0.2, 0.25) is 0 Å². The molecule has 1 aromatic carbocycles. The predicted molar refractivity (Wildman–Crippen MR) is 161 cm³/mol. The van der Waals surface area contributed by atoms with Gasteiger partial charge in [0, 0.05) is 29.4 Å². The Hall–Kier alpha value is -4.77. The summed E-state index contributed by atoms with van der Waals surface area (Å²) in [5.74, 6) is -0.115. The second-order valence-electron chi connectivity index (χ2n) is 10.6. The van der Waals surface area contributed by atoms with Crippen LogP contribution in [0.15, 0.2) is 55.0 Å². The van der Waals surface area contributed by atoms with Gasteiger partial charge in [-0.15, -0.1) is 11.3 Å². The number of rotatable bonds is 6. The molecule has 210 valence electrons. The molecule has 1 amide bonds. The lowest BCUT2D eigenvalue weighted by Gasteiger charge is -2.20. The molecular weight excluding hydrogens is 553 g/mol. The number of carbonyl (C=O) groups is 2. The largest absolute Gasteiger partial charge is 0.336 e. The maximum atomic E-state index is 16.2. The first-order valence-electron chi connectivity index (χ1n) is 13.9. The van der Waals surface area contributed by atoms with Gasteiger partial charge >= 0.3 is 0 Å². The molecule has 0 spiro atoms. The number of hydrogen-bond acceptors (Lipinski definition) is 7. The number of imidazole rings is 1. The average Bonchev–Trinajstić information content (AvgIpc) is 3.76. The van der Waals surface area contributed by atoms with Gasteiger partial charge in [-0.1, -0.05) is 19.3 Å². The number of carbonyl (C=O) groups excluding carboxylic acids is 2. The Kier molecular flexibility index (Phi) is 6.58. The van der Waals surface area contributed by atoms with E-state index in [1.54, 1.807) is 48.9 Å². The number of nitrogens with one attached hydrogen (secondary N) is 3. The van der Waals surface area contributed by atoms with Crippen LogP contribution in [0, 0.1) is 11.7 Å². The quantitative estimate of drug-likeness (QED) is 0.180. The summed E-state index contributed by atoms with van der Waals surface area (Å²) in [6.07, 6.45) is 9.90. The third-order valence-electron chi connectivity index (χ3n) is 7.77. The number of aromatic amines is 2. The van der Waals surface area contributed by atoms with Crippen LogP contribution in [-0.2, 0) is 4.79 Å². The van der Waals surface area contributed by atoms with Crippen LogP contribution in [0.1, 0.15) is 48.7 Å². The van der Waals surface area contributed by atoms with E-state index in [1.165, 1.54) is 24.7 Å². The molecule has 1 saturated carbocycles. The number of ketones is 1. The van der Waals surface area contributed by atoms with Gasteiger partial charge in [0.2, 0.25) is 5.91 Å². The molecule has 0 bridgehead atoms. The molecule has 1 aliphatic rings. The van der Waals surface area contributed by atoms with E-state index in [0.717, 1.165) is 30.6 Å². The van der Waals surface area contributed by atoms with Crippen molar-refractivity contribution in [2.75, 3.05) is 5.32 Å². The number of halogens is 1. The summed E-state index contributed by atoms with van der Waals surface area (Å²) >= 11 is 1.35. The van der Waals surface area contributed by atoms with E-state index in [2.05, 4.69) is 30.5 Å². The van der Waals surface area contributed by atoms with Crippen molar-refractivity contribution in [3.8, 4) is 33.2 Å². The third-order valence-corrected chi connectivity index (χ3v) is 8.96. The predicted octanol–water partition coefficient (Wildman–Crippen LogP) is 7.15. The van der Waals surface area contributed by atoms with E-state index in [4.69, 9.17) is 4.98 Å². The molecule has 1 fully saturated rings. The zero-order valence-corrected chi connectivity index (χ0v) is 23.5. The molecule has 5 aromatic heterocycles. The highest BCUT2D eigenvalue weighted by molar-refractivity contribution is 7.17. The number of anilines is 1. The normalized spacial score (nSPS) is 14.0. The molecule has 0 radical (unpaired) electrons. The summed E-state index contributed by atoms with van der Waals surface area (Å²) < 4.78 is 16.2. The molecule has 42 heavy (non-hydrogen) atoms. The number of aromatic nitrogens is 6. The number of Topliss-reactive ketones (excluding diaryl/α,β-unsaturated/α-hetero) is 1. The van der Waals surface area contributed by atoms with Gasteiger partial charge < -0.3 is 10.3 Å². The minimum atomic E-state index is -0.475. The highest BCUT2D eigenvalue weighted by Gasteiger charge is 2.23. The van der Waals surface area contributed by atoms with Crippen LogP contribution in [0.25, 0.3) is 55.2 Å². The number of amides is 1. The molecule has 6 aromatic rings. The number of thiophene rings is 1. The molecule has 0 atom stereocenters. The van der Waals surface area contributed by atoms with Crippen molar-refractivity contribution in [1.29, 1.82) is 0 Å². The van der Waals surface area contributed by atoms with E-state index < -0.39 is 5.82 Å². The van der Waals surface area contributed by atoms with Crippen LogP contribution >= 0.6 is 11.3 Å². The Morgan fingerprint density at radius 3 is 2.69 bits per heavy atom. The highest BCUT2D eigenvalue weighted by atomic mass is 32.1. The molecule has 9 nitrogen and oxygen atoms in total.